The lowest BCUT2D eigenvalue weighted by molar-refractivity contribution is 0.777. The second kappa shape index (κ2) is 25.4. The molecule has 0 aromatic heterocycles. The normalized spacial score (nSPS) is 9.92. The van der Waals surface area contributed by atoms with Gasteiger partial charge in [0.1, 0.15) is 0 Å². The third kappa shape index (κ3) is 13.8. The molecule has 0 fully saturated rings. The zero-order valence-corrected chi connectivity index (χ0v) is 31.2. The van der Waals surface area contributed by atoms with Crippen LogP contribution in [0.1, 0.15) is 119 Å². The van der Waals surface area contributed by atoms with Crippen LogP contribution in [-0.2, 0) is 0 Å². The predicted molar refractivity (Wildman–Crippen MR) is 218 cm³/mol. The molecule has 0 radical (unpaired) electrons. The molecule has 0 amide bonds. The summed E-state index contributed by atoms with van der Waals surface area (Å²) in [6, 6.07) is 64.3. The van der Waals surface area contributed by atoms with Crippen molar-refractivity contribution in [2.45, 2.75) is 85.5 Å². The molecular weight excluding hydrogens is 589 g/mol. The molecule has 0 bridgehead atoms. The van der Waals surface area contributed by atoms with Crippen molar-refractivity contribution in [1.29, 1.82) is 0 Å². The van der Waals surface area contributed by atoms with E-state index in [1.165, 1.54) is 33.4 Å². The van der Waals surface area contributed by atoms with Gasteiger partial charge >= 0.3 is 0 Å². The van der Waals surface area contributed by atoms with E-state index in [0.717, 1.165) is 19.3 Å². The van der Waals surface area contributed by atoms with E-state index in [2.05, 4.69) is 203 Å². The number of benzene rings is 6. The summed E-state index contributed by atoms with van der Waals surface area (Å²) < 4.78 is 0. The summed E-state index contributed by atoms with van der Waals surface area (Å²) in [5, 5.41) is 0. The van der Waals surface area contributed by atoms with Gasteiger partial charge in [-0.2, -0.15) is 0 Å². The van der Waals surface area contributed by atoms with Crippen LogP contribution in [0.15, 0.2) is 182 Å². The maximum Gasteiger partial charge on any atom is 0.00867 e. The van der Waals surface area contributed by atoms with Crippen molar-refractivity contribution >= 4 is 0 Å². The summed E-state index contributed by atoms with van der Waals surface area (Å²) >= 11 is 0. The molecule has 0 saturated carbocycles. The van der Waals surface area contributed by atoms with Crippen molar-refractivity contribution in [2.24, 2.45) is 0 Å². The van der Waals surface area contributed by atoms with E-state index in [1.807, 2.05) is 27.7 Å². The summed E-state index contributed by atoms with van der Waals surface area (Å²) in [4.78, 5) is 0. The minimum atomic E-state index is 0.535. The van der Waals surface area contributed by atoms with Gasteiger partial charge in [0.05, 0.1) is 0 Å². The highest BCUT2D eigenvalue weighted by Gasteiger charge is 2.12. The number of hydrogen-bond donors (Lipinski definition) is 0. The molecule has 0 aliphatic carbocycles. The molecule has 6 rings (SSSR count). The highest BCUT2D eigenvalue weighted by atomic mass is 14.2. The van der Waals surface area contributed by atoms with Gasteiger partial charge in [-0.05, 0) is 52.6 Å². The first kappa shape index (κ1) is 40.5. The lowest BCUT2D eigenvalue weighted by atomic mass is 9.89. The fraction of sp³-hybridized carbons (Fsp3) is 0.265. The second-order valence-electron chi connectivity index (χ2n) is 11.3. The number of hydrogen-bond acceptors (Lipinski definition) is 0. The molecule has 0 aliphatic rings. The maximum atomic E-state index is 2.24. The van der Waals surface area contributed by atoms with Crippen LogP contribution in [0.2, 0.25) is 0 Å². The summed E-state index contributed by atoms with van der Waals surface area (Å²) in [6.45, 7) is 14.7. The second-order valence-corrected chi connectivity index (χ2v) is 11.3. The molecule has 0 aliphatic heterocycles. The van der Waals surface area contributed by atoms with Gasteiger partial charge < -0.3 is 0 Å². The quantitative estimate of drug-likeness (QED) is 0.146. The van der Waals surface area contributed by atoms with Crippen molar-refractivity contribution in [1.82, 2.24) is 0 Å². The molecule has 0 spiro atoms. The first-order valence-electron chi connectivity index (χ1n) is 18.5. The van der Waals surface area contributed by atoms with Crippen LogP contribution < -0.4 is 0 Å². The fourth-order valence-corrected chi connectivity index (χ4v) is 6.10. The average Bonchev–Trinajstić information content (AvgIpc) is 3.20. The van der Waals surface area contributed by atoms with Crippen LogP contribution in [-0.4, -0.2) is 0 Å². The predicted octanol–water partition coefficient (Wildman–Crippen LogP) is 14.7. The average molecular weight is 649 g/mol. The van der Waals surface area contributed by atoms with Crippen molar-refractivity contribution in [3.63, 3.8) is 0 Å². The zero-order chi connectivity index (χ0) is 35.5. The Bertz CT molecular complexity index is 1250. The van der Waals surface area contributed by atoms with E-state index in [9.17, 15) is 0 Å². The summed E-state index contributed by atoms with van der Waals surface area (Å²) in [5.74, 6) is 1.60. The van der Waals surface area contributed by atoms with E-state index < -0.39 is 0 Å². The van der Waals surface area contributed by atoms with Gasteiger partial charge in [0.25, 0.3) is 0 Å². The summed E-state index contributed by atoms with van der Waals surface area (Å²) in [7, 11) is 0. The van der Waals surface area contributed by atoms with E-state index in [0.29, 0.717) is 17.8 Å². The van der Waals surface area contributed by atoms with Crippen LogP contribution in [0.5, 0.6) is 0 Å². The molecule has 0 heterocycles. The highest BCUT2D eigenvalue weighted by molar-refractivity contribution is 5.34. The standard InChI is InChI=1S/3C15H16.2C2H6/c3*1-2-15(13-9-5-3-6-10-13)14-11-7-4-8-12-14;2*1-2/h3*3-12,15H,2H2,1H3;2*1-2H3. The van der Waals surface area contributed by atoms with Gasteiger partial charge in [0.15, 0.2) is 0 Å². The Morgan fingerprint density at radius 3 is 0.469 bits per heavy atom. The van der Waals surface area contributed by atoms with Gasteiger partial charge in [0.2, 0.25) is 0 Å². The van der Waals surface area contributed by atoms with Crippen molar-refractivity contribution in [3.05, 3.63) is 215 Å². The Hall–Kier alpha value is -4.68. The Labute approximate surface area is 299 Å². The molecule has 0 unspecified atom stereocenters. The molecule has 49 heavy (non-hydrogen) atoms. The molecule has 0 saturated heterocycles. The molecule has 0 N–H and O–H groups in total. The SMILES string of the molecule is CC.CC.CCC(c1ccccc1)c1ccccc1.CCC(c1ccccc1)c1ccccc1.CCC(c1ccccc1)c1ccccc1. The van der Waals surface area contributed by atoms with Crippen LogP contribution >= 0.6 is 0 Å². The molecular formula is C49H60. The van der Waals surface area contributed by atoms with Crippen LogP contribution in [0.25, 0.3) is 0 Å². The van der Waals surface area contributed by atoms with Crippen LogP contribution in [0.3, 0.4) is 0 Å². The Morgan fingerprint density at radius 2 is 0.367 bits per heavy atom. The summed E-state index contributed by atoms with van der Waals surface area (Å²) in [5.41, 5.74) is 8.45. The third-order valence-electron chi connectivity index (χ3n) is 8.44. The Balaban J connectivity index is 0.000000242. The van der Waals surface area contributed by atoms with Crippen molar-refractivity contribution in [3.8, 4) is 0 Å². The van der Waals surface area contributed by atoms with Gasteiger partial charge in [-0.15, -0.1) is 0 Å². The smallest absolute Gasteiger partial charge is 0.00867 e. The Kier molecular flexibility index (Phi) is 21.0. The van der Waals surface area contributed by atoms with Crippen molar-refractivity contribution < 1.29 is 0 Å². The largest absolute Gasteiger partial charge is 0.0683 e. The monoisotopic (exact) mass is 648 g/mol. The van der Waals surface area contributed by atoms with Crippen LogP contribution in [0, 0.1) is 0 Å². The van der Waals surface area contributed by atoms with E-state index in [1.54, 1.807) is 0 Å². The van der Waals surface area contributed by atoms with Gasteiger partial charge in [-0.25, -0.2) is 0 Å². The lowest BCUT2D eigenvalue weighted by Gasteiger charge is -2.15. The van der Waals surface area contributed by atoms with Gasteiger partial charge in [-0.3, -0.25) is 0 Å². The fourth-order valence-electron chi connectivity index (χ4n) is 6.10. The van der Waals surface area contributed by atoms with Crippen molar-refractivity contribution in [2.75, 3.05) is 0 Å². The molecule has 0 nitrogen and oxygen atoms in total. The van der Waals surface area contributed by atoms with Crippen LogP contribution in [0.4, 0.5) is 0 Å². The minimum absolute atomic E-state index is 0.535. The number of rotatable bonds is 9. The molecule has 0 heteroatoms. The molecule has 6 aromatic rings. The Morgan fingerprint density at radius 1 is 0.245 bits per heavy atom. The zero-order valence-electron chi connectivity index (χ0n) is 31.2. The first-order chi connectivity index (χ1) is 24.2. The van der Waals surface area contributed by atoms with E-state index >= 15 is 0 Å². The van der Waals surface area contributed by atoms with Gasteiger partial charge in [-0.1, -0.05) is 230 Å². The highest BCUT2D eigenvalue weighted by Crippen LogP contribution is 2.29. The minimum Gasteiger partial charge on any atom is -0.0683 e. The molecule has 256 valence electrons. The molecule has 0 atom stereocenters. The first-order valence-corrected chi connectivity index (χ1v) is 18.5. The summed E-state index contributed by atoms with van der Waals surface area (Å²) in [6.07, 6.45) is 3.44. The van der Waals surface area contributed by atoms with Gasteiger partial charge in [0, 0.05) is 17.8 Å². The topological polar surface area (TPSA) is 0 Å². The lowest BCUT2D eigenvalue weighted by Crippen LogP contribution is -1.98. The third-order valence-corrected chi connectivity index (χ3v) is 8.44. The van der Waals surface area contributed by atoms with E-state index in [-0.39, 0.29) is 0 Å². The van der Waals surface area contributed by atoms with E-state index in [4.69, 9.17) is 0 Å². The maximum absolute atomic E-state index is 2.24. The molecule has 6 aromatic carbocycles.